The van der Waals surface area contributed by atoms with Crippen LogP contribution in [0.2, 0.25) is 5.02 Å². The van der Waals surface area contributed by atoms with Gasteiger partial charge in [-0.05, 0) is 62.6 Å². The van der Waals surface area contributed by atoms with Crippen molar-refractivity contribution in [3.8, 4) is 5.69 Å². The number of rotatable bonds is 2. The number of hydrogen-bond acceptors (Lipinski definition) is 4. The average Bonchev–Trinajstić information content (AvgIpc) is 2.95. The van der Waals surface area contributed by atoms with Crippen LogP contribution in [0.1, 0.15) is 49.1 Å². The lowest BCUT2D eigenvalue weighted by Gasteiger charge is -2.38. The molecule has 0 amide bonds. The predicted molar refractivity (Wildman–Crippen MR) is 106 cm³/mol. The Morgan fingerprint density at radius 2 is 1.72 bits per heavy atom. The summed E-state index contributed by atoms with van der Waals surface area (Å²) >= 11 is 5.78. The quantitative estimate of drug-likeness (QED) is 0.390. The van der Waals surface area contributed by atoms with Gasteiger partial charge in [-0.15, -0.1) is 0 Å². The van der Waals surface area contributed by atoms with Crippen LogP contribution in [0.3, 0.4) is 0 Å². The molecular weight excluding hydrogens is 397 g/mol. The number of halogens is 2. The molecular formula is C22H21ClFNO4. The minimum atomic E-state index is -1.11. The molecule has 0 unspecified atom stereocenters. The number of carbonyl (C=O) groups is 2. The zero-order chi connectivity index (χ0) is 20.8. The standard InChI is InChI=1S/C22H21ClFNO4/c1-13-10-15(14(2)25(13)16-6-7-18(23)19(24)12-16)11-17-20(26)28-22(29-21(17)27)8-4-3-5-9-22/h6-7,10-12H,3-5,8-9H2,1-2H3. The smallest absolute Gasteiger partial charge is 0.348 e. The minimum absolute atomic E-state index is 0.0443. The summed E-state index contributed by atoms with van der Waals surface area (Å²) in [6.45, 7) is 3.68. The molecule has 1 aliphatic carbocycles. The van der Waals surface area contributed by atoms with E-state index >= 15 is 0 Å². The van der Waals surface area contributed by atoms with Crippen LogP contribution < -0.4 is 0 Å². The van der Waals surface area contributed by atoms with Gasteiger partial charge in [-0.3, -0.25) is 0 Å². The average molecular weight is 418 g/mol. The number of esters is 2. The van der Waals surface area contributed by atoms with E-state index in [1.54, 1.807) is 6.07 Å². The number of benzene rings is 1. The third-order valence-electron chi connectivity index (χ3n) is 5.54. The fourth-order valence-corrected chi connectivity index (χ4v) is 4.19. The molecule has 29 heavy (non-hydrogen) atoms. The third-order valence-corrected chi connectivity index (χ3v) is 5.85. The van der Waals surface area contributed by atoms with Gasteiger partial charge in [0, 0.05) is 29.9 Å². The Morgan fingerprint density at radius 1 is 1.07 bits per heavy atom. The van der Waals surface area contributed by atoms with Gasteiger partial charge in [-0.2, -0.15) is 0 Å². The zero-order valence-corrected chi connectivity index (χ0v) is 17.0. The summed E-state index contributed by atoms with van der Waals surface area (Å²) in [5.74, 6) is -2.95. The maximum atomic E-state index is 13.9. The Hall–Kier alpha value is -2.60. The lowest BCUT2D eigenvalue weighted by molar-refractivity contribution is -0.244. The molecule has 1 aromatic carbocycles. The number of carbonyl (C=O) groups excluding carboxylic acids is 2. The monoisotopic (exact) mass is 417 g/mol. The maximum Gasteiger partial charge on any atom is 0.348 e. The molecule has 1 spiro atoms. The van der Waals surface area contributed by atoms with E-state index in [0.717, 1.165) is 30.7 Å². The van der Waals surface area contributed by atoms with Crippen LogP contribution in [0.4, 0.5) is 4.39 Å². The summed E-state index contributed by atoms with van der Waals surface area (Å²) in [6.07, 6.45) is 5.31. The summed E-state index contributed by atoms with van der Waals surface area (Å²) in [5, 5.41) is 0.0443. The number of nitrogens with zero attached hydrogens (tertiary/aromatic N) is 1. The van der Waals surface area contributed by atoms with Gasteiger partial charge < -0.3 is 14.0 Å². The largest absolute Gasteiger partial charge is 0.419 e. The van der Waals surface area contributed by atoms with Crippen molar-refractivity contribution >= 4 is 29.6 Å². The molecule has 5 nitrogen and oxygen atoms in total. The summed E-state index contributed by atoms with van der Waals surface area (Å²) < 4.78 is 26.8. The second-order valence-electron chi connectivity index (χ2n) is 7.57. The molecule has 4 rings (SSSR count). The SMILES string of the molecule is Cc1cc(C=C2C(=O)OC3(CCCCC3)OC2=O)c(C)n1-c1ccc(Cl)c(F)c1. The van der Waals surface area contributed by atoms with Crippen molar-refractivity contribution in [3.63, 3.8) is 0 Å². The number of aryl methyl sites for hydroxylation is 1. The van der Waals surface area contributed by atoms with Crippen LogP contribution in [0.5, 0.6) is 0 Å². The Kier molecular flexibility index (Phi) is 4.99. The Labute approximate surface area is 173 Å². The van der Waals surface area contributed by atoms with Crippen molar-refractivity contribution in [1.29, 1.82) is 0 Å². The van der Waals surface area contributed by atoms with Gasteiger partial charge in [-0.1, -0.05) is 18.0 Å². The second-order valence-corrected chi connectivity index (χ2v) is 7.98. The highest BCUT2D eigenvalue weighted by atomic mass is 35.5. The molecule has 0 radical (unpaired) electrons. The van der Waals surface area contributed by atoms with E-state index in [4.69, 9.17) is 21.1 Å². The van der Waals surface area contributed by atoms with Crippen LogP contribution in [0.15, 0.2) is 29.8 Å². The van der Waals surface area contributed by atoms with Gasteiger partial charge in [0.05, 0.1) is 5.02 Å². The van der Waals surface area contributed by atoms with Gasteiger partial charge in [-0.25, -0.2) is 14.0 Å². The molecule has 0 N–H and O–H groups in total. The minimum Gasteiger partial charge on any atom is -0.419 e. The Bertz CT molecular complexity index is 1010. The summed E-state index contributed by atoms with van der Waals surface area (Å²) in [4.78, 5) is 25.2. The van der Waals surface area contributed by atoms with Crippen molar-refractivity contribution in [2.75, 3.05) is 0 Å². The number of hydrogen-bond donors (Lipinski definition) is 0. The van der Waals surface area contributed by atoms with Crippen molar-refractivity contribution < 1.29 is 23.5 Å². The lowest BCUT2D eigenvalue weighted by atomic mass is 9.93. The Balaban J connectivity index is 1.67. The molecule has 1 saturated heterocycles. The van der Waals surface area contributed by atoms with E-state index in [1.165, 1.54) is 18.2 Å². The molecule has 2 aromatic rings. The van der Waals surface area contributed by atoms with E-state index < -0.39 is 23.5 Å². The summed E-state index contributed by atoms with van der Waals surface area (Å²) in [5.41, 5.74) is 2.68. The van der Waals surface area contributed by atoms with E-state index in [1.807, 2.05) is 24.5 Å². The lowest BCUT2D eigenvalue weighted by Crippen LogP contribution is -2.47. The Morgan fingerprint density at radius 3 is 2.34 bits per heavy atom. The summed E-state index contributed by atoms with van der Waals surface area (Å²) in [7, 11) is 0. The molecule has 152 valence electrons. The van der Waals surface area contributed by atoms with Crippen molar-refractivity contribution in [3.05, 3.63) is 57.6 Å². The number of ether oxygens (including phenoxy) is 2. The van der Waals surface area contributed by atoms with Gasteiger partial charge >= 0.3 is 11.9 Å². The highest BCUT2D eigenvalue weighted by Crippen LogP contribution is 2.37. The van der Waals surface area contributed by atoms with E-state index in [9.17, 15) is 14.0 Å². The highest BCUT2D eigenvalue weighted by molar-refractivity contribution is 6.30. The van der Waals surface area contributed by atoms with Gasteiger partial charge in [0.15, 0.2) is 0 Å². The van der Waals surface area contributed by atoms with Crippen molar-refractivity contribution in [1.82, 2.24) is 4.57 Å². The molecule has 2 aliphatic rings. The predicted octanol–water partition coefficient (Wildman–Crippen LogP) is 5.03. The van der Waals surface area contributed by atoms with E-state index in [2.05, 4.69) is 0 Å². The first-order chi connectivity index (χ1) is 13.8. The topological polar surface area (TPSA) is 57.5 Å². The fourth-order valence-electron chi connectivity index (χ4n) is 4.08. The molecule has 1 aromatic heterocycles. The van der Waals surface area contributed by atoms with E-state index in [-0.39, 0.29) is 10.6 Å². The normalized spacial score (nSPS) is 18.6. The van der Waals surface area contributed by atoms with Gasteiger partial charge in [0.25, 0.3) is 5.79 Å². The van der Waals surface area contributed by atoms with Crippen LogP contribution in [-0.4, -0.2) is 22.3 Å². The summed E-state index contributed by atoms with van der Waals surface area (Å²) in [6, 6.07) is 6.36. The molecule has 0 bridgehead atoms. The molecule has 0 atom stereocenters. The number of aromatic nitrogens is 1. The van der Waals surface area contributed by atoms with Crippen LogP contribution >= 0.6 is 11.6 Å². The van der Waals surface area contributed by atoms with Crippen LogP contribution in [0, 0.1) is 19.7 Å². The fraction of sp³-hybridized carbons (Fsp3) is 0.364. The molecule has 1 saturated carbocycles. The molecule has 2 heterocycles. The van der Waals surface area contributed by atoms with Crippen LogP contribution in [-0.2, 0) is 19.1 Å². The van der Waals surface area contributed by atoms with Crippen molar-refractivity contribution in [2.45, 2.75) is 51.7 Å². The third kappa shape index (κ3) is 3.57. The maximum absolute atomic E-state index is 13.9. The first-order valence-electron chi connectivity index (χ1n) is 9.62. The molecule has 7 heteroatoms. The zero-order valence-electron chi connectivity index (χ0n) is 16.3. The highest BCUT2D eigenvalue weighted by Gasteiger charge is 2.46. The van der Waals surface area contributed by atoms with Crippen LogP contribution in [0.25, 0.3) is 11.8 Å². The van der Waals surface area contributed by atoms with Gasteiger partial charge in [0.1, 0.15) is 11.4 Å². The molecule has 1 aliphatic heterocycles. The van der Waals surface area contributed by atoms with Crippen molar-refractivity contribution in [2.24, 2.45) is 0 Å². The molecule has 2 fully saturated rings. The second kappa shape index (κ2) is 7.34. The first kappa shape index (κ1) is 19.7. The first-order valence-corrected chi connectivity index (χ1v) is 10.0. The van der Waals surface area contributed by atoms with E-state index in [0.29, 0.717) is 24.1 Å². The van der Waals surface area contributed by atoms with Gasteiger partial charge in [0.2, 0.25) is 0 Å².